The Bertz CT molecular complexity index is 642. The van der Waals surface area contributed by atoms with Gasteiger partial charge in [0, 0.05) is 11.6 Å². The summed E-state index contributed by atoms with van der Waals surface area (Å²) in [6, 6.07) is 9.90. The highest BCUT2D eigenvalue weighted by atomic mass is 35.5. The zero-order chi connectivity index (χ0) is 14.7. The number of primary amides is 1. The van der Waals surface area contributed by atoms with Crippen LogP contribution >= 0.6 is 23.2 Å². The Morgan fingerprint density at radius 3 is 2.30 bits per heavy atom. The molecule has 2 aromatic rings. The molecule has 2 aromatic carbocycles. The first kappa shape index (κ1) is 14.5. The van der Waals surface area contributed by atoms with E-state index < -0.39 is 5.91 Å². The summed E-state index contributed by atoms with van der Waals surface area (Å²) in [7, 11) is 0. The fraction of sp³-hybridized carbons (Fsp3) is 0.0714. The minimum Gasteiger partial charge on any atom is -0.487 e. The van der Waals surface area contributed by atoms with E-state index in [1.807, 2.05) is 0 Å². The molecular formula is C14H12Cl2N2O2. The number of rotatable bonds is 4. The van der Waals surface area contributed by atoms with E-state index in [2.05, 4.69) is 0 Å². The summed E-state index contributed by atoms with van der Waals surface area (Å²) in [4.78, 5) is 11.0. The van der Waals surface area contributed by atoms with Crippen molar-refractivity contribution in [2.75, 3.05) is 5.73 Å². The van der Waals surface area contributed by atoms with Crippen molar-refractivity contribution in [1.29, 1.82) is 0 Å². The maximum absolute atomic E-state index is 11.0. The number of amides is 1. The molecule has 0 fully saturated rings. The zero-order valence-electron chi connectivity index (χ0n) is 10.4. The summed E-state index contributed by atoms with van der Waals surface area (Å²) in [5.74, 6) is -0.00965. The topological polar surface area (TPSA) is 78.3 Å². The van der Waals surface area contributed by atoms with Crippen LogP contribution in [0.5, 0.6) is 5.75 Å². The lowest BCUT2D eigenvalue weighted by Gasteiger charge is -2.10. The van der Waals surface area contributed by atoms with Crippen LogP contribution in [0.2, 0.25) is 10.0 Å². The number of nitrogen functional groups attached to an aromatic ring is 1. The van der Waals surface area contributed by atoms with Gasteiger partial charge in [-0.2, -0.15) is 0 Å². The highest BCUT2D eigenvalue weighted by molar-refractivity contribution is 6.42. The molecule has 0 unspecified atom stereocenters. The average Bonchev–Trinajstić information content (AvgIpc) is 2.42. The molecule has 2 rings (SSSR count). The molecule has 1 amide bonds. The van der Waals surface area contributed by atoms with Crippen molar-refractivity contribution >= 4 is 34.8 Å². The van der Waals surface area contributed by atoms with Crippen LogP contribution < -0.4 is 16.2 Å². The van der Waals surface area contributed by atoms with Gasteiger partial charge in [-0.25, -0.2) is 0 Å². The van der Waals surface area contributed by atoms with Crippen molar-refractivity contribution in [3.8, 4) is 5.75 Å². The molecule has 0 heterocycles. The van der Waals surface area contributed by atoms with Crippen molar-refractivity contribution in [2.45, 2.75) is 6.61 Å². The Hall–Kier alpha value is -1.91. The van der Waals surface area contributed by atoms with Crippen LogP contribution in [0, 0.1) is 0 Å². The fourth-order valence-electron chi connectivity index (χ4n) is 1.60. The minimum atomic E-state index is -0.466. The number of hydrogen-bond acceptors (Lipinski definition) is 3. The maximum Gasteiger partial charge on any atom is 0.248 e. The molecule has 0 radical (unpaired) electrons. The molecule has 0 bridgehead atoms. The Morgan fingerprint density at radius 1 is 1.10 bits per heavy atom. The highest BCUT2D eigenvalue weighted by Gasteiger charge is 2.07. The predicted molar refractivity (Wildman–Crippen MR) is 80.2 cm³/mol. The van der Waals surface area contributed by atoms with Gasteiger partial charge in [-0.1, -0.05) is 35.3 Å². The van der Waals surface area contributed by atoms with Gasteiger partial charge >= 0.3 is 0 Å². The molecule has 0 aliphatic heterocycles. The molecule has 0 atom stereocenters. The van der Waals surface area contributed by atoms with Crippen molar-refractivity contribution in [3.05, 3.63) is 57.6 Å². The van der Waals surface area contributed by atoms with Crippen LogP contribution in [0.25, 0.3) is 0 Å². The zero-order valence-corrected chi connectivity index (χ0v) is 11.9. The number of halogens is 2. The summed E-state index contributed by atoms with van der Waals surface area (Å²) >= 11 is 11.7. The summed E-state index contributed by atoms with van der Waals surface area (Å²) in [5, 5.41) is 0.752. The molecule has 0 aliphatic carbocycles. The van der Waals surface area contributed by atoms with Gasteiger partial charge in [0.25, 0.3) is 0 Å². The van der Waals surface area contributed by atoms with E-state index in [9.17, 15) is 4.79 Å². The summed E-state index contributed by atoms with van der Waals surface area (Å²) in [6.07, 6.45) is 0. The first-order valence-electron chi connectivity index (χ1n) is 5.73. The monoisotopic (exact) mass is 310 g/mol. The van der Waals surface area contributed by atoms with Crippen LogP contribution in [-0.2, 0) is 6.61 Å². The van der Waals surface area contributed by atoms with Gasteiger partial charge in [0.15, 0.2) is 0 Å². The lowest BCUT2D eigenvalue weighted by molar-refractivity contribution is 0.1000. The largest absolute Gasteiger partial charge is 0.487 e. The molecule has 0 saturated heterocycles. The van der Waals surface area contributed by atoms with Crippen molar-refractivity contribution in [2.24, 2.45) is 5.73 Å². The second-order valence-corrected chi connectivity index (χ2v) is 4.97. The molecule has 0 aliphatic rings. The second kappa shape index (κ2) is 6.03. The predicted octanol–water partition coefficient (Wildman–Crippen LogP) is 3.25. The smallest absolute Gasteiger partial charge is 0.248 e. The quantitative estimate of drug-likeness (QED) is 0.851. The number of benzene rings is 2. The third-order valence-corrected chi connectivity index (χ3v) is 3.41. The van der Waals surface area contributed by atoms with Crippen LogP contribution in [0.4, 0.5) is 5.69 Å². The normalized spacial score (nSPS) is 10.3. The van der Waals surface area contributed by atoms with Crippen molar-refractivity contribution < 1.29 is 9.53 Å². The standard InChI is InChI=1S/C14H12Cl2N2O2/c15-10-5-12(17)13(6-11(10)16)20-7-8-1-3-9(4-2-8)14(18)19/h1-6H,7,17H2,(H2,18,19). The number of hydrogen-bond donors (Lipinski definition) is 2. The average molecular weight is 311 g/mol. The number of ether oxygens (including phenoxy) is 1. The van der Waals surface area contributed by atoms with Gasteiger partial charge < -0.3 is 16.2 Å². The Balaban J connectivity index is 2.09. The molecule has 104 valence electrons. The second-order valence-electron chi connectivity index (χ2n) is 4.15. The molecule has 0 spiro atoms. The SMILES string of the molecule is NC(=O)c1ccc(COc2cc(Cl)c(Cl)cc2N)cc1. The van der Waals surface area contributed by atoms with Gasteiger partial charge in [0.2, 0.25) is 5.91 Å². The Labute approximate surface area is 126 Å². The van der Waals surface area contributed by atoms with E-state index in [1.165, 1.54) is 6.07 Å². The number of carbonyl (C=O) groups is 1. The molecule has 20 heavy (non-hydrogen) atoms. The van der Waals surface area contributed by atoms with Gasteiger partial charge in [-0.15, -0.1) is 0 Å². The van der Waals surface area contributed by atoms with E-state index in [1.54, 1.807) is 30.3 Å². The van der Waals surface area contributed by atoms with E-state index in [-0.39, 0.29) is 0 Å². The third-order valence-electron chi connectivity index (χ3n) is 2.69. The van der Waals surface area contributed by atoms with Gasteiger partial charge in [-0.05, 0) is 23.8 Å². The van der Waals surface area contributed by atoms with Gasteiger partial charge in [-0.3, -0.25) is 4.79 Å². The lowest BCUT2D eigenvalue weighted by atomic mass is 10.1. The van der Waals surface area contributed by atoms with Gasteiger partial charge in [0.1, 0.15) is 12.4 Å². The van der Waals surface area contributed by atoms with Crippen molar-refractivity contribution in [3.63, 3.8) is 0 Å². The van der Waals surface area contributed by atoms with E-state index >= 15 is 0 Å². The fourth-order valence-corrected chi connectivity index (χ4v) is 1.92. The van der Waals surface area contributed by atoms with Crippen LogP contribution in [0.15, 0.2) is 36.4 Å². The molecule has 4 nitrogen and oxygen atoms in total. The highest BCUT2D eigenvalue weighted by Crippen LogP contribution is 2.32. The number of anilines is 1. The summed E-state index contributed by atoms with van der Waals surface area (Å²) < 4.78 is 5.57. The minimum absolute atomic E-state index is 0.293. The Kier molecular flexibility index (Phi) is 4.37. The lowest BCUT2D eigenvalue weighted by Crippen LogP contribution is -2.10. The van der Waals surface area contributed by atoms with E-state index in [0.717, 1.165) is 5.56 Å². The molecule has 6 heteroatoms. The van der Waals surface area contributed by atoms with Gasteiger partial charge in [0.05, 0.1) is 15.7 Å². The molecule has 0 aromatic heterocycles. The van der Waals surface area contributed by atoms with E-state index in [0.29, 0.717) is 33.7 Å². The van der Waals surface area contributed by atoms with Crippen LogP contribution in [0.3, 0.4) is 0 Å². The van der Waals surface area contributed by atoms with E-state index in [4.69, 9.17) is 39.4 Å². The third kappa shape index (κ3) is 3.35. The summed E-state index contributed by atoms with van der Waals surface area (Å²) in [5.41, 5.74) is 12.7. The first-order valence-corrected chi connectivity index (χ1v) is 6.49. The Morgan fingerprint density at radius 2 is 1.70 bits per heavy atom. The maximum atomic E-state index is 11.0. The van der Waals surface area contributed by atoms with Crippen LogP contribution in [0.1, 0.15) is 15.9 Å². The molecule has 0 saturated carbocycles. The number of carbonyl (C=O) groups excluding carboxylic acids is 1. The number of nitrogens with two attached hydrogens (primary N) is 2. The summed E-state index contributed by atoms with van der Waals surface area (Å²) in [6.45, 7) is 0.293. The molecule has 4 N–H and O–H groups in total. The van der Waals surface area contributed by atoms with Crippen LogP contribution in [-0.4, -0.2) is 5.91 Å². The first-order chi connectivity index (χ1) is 9.47. The van der Waals surface area contributed by atoms with Crippen molar-refractivity contribution in [1.82, 2.24) is 0 Å². The molecular weight excluding hydrogens is 299 g/mol.